The molecule has 10 heteroatoms. The molecule has 2 N–H and O–H groups in total. The molecule has 0 bridgehead atoms. The number of urea groups is 1. The molecule has 33 heavy (non-hydrogen) atoms. The van der Waals surface area contributed by atoms with E-state index >= 15 is 0 Å². The van der Waals surface area contributed by atoms with Gasteiger partial charge in [0.2, 0.25) is 5.88 Å². The first-order valence-corrected chi connectivity index (χ1v) is 13.0. The number of aryl methyl sites for hydroxylation is 3. The molecule has 3 aliphatic rings. The quantitative estimate of drug-likeness (QED) is 0.642. The molecule has 2 aliphatic carbocycles. The number of hydrogen-bond donors (Lipinski definition) is 2. The Hall–Kier alpha value is -2.40. The third-order valence-corrected chi connectivity index (χ3v) is 8.50. The van der Waals surface area contributed by atoms with Crippen LogP contribution in [0, 0.1) is 12.1 Å². The topological polar surface area (TPSA) is 116 Å². The van der Waals surface area contributed by atoms with Gasteiger partial charge in [-0.1, -0.05) is 6.07 Å². The summed E-state index contributed by atoms with van der Waals surface area (Å²) in [6.45, 7) is 2.52. The van der Waals surface area contributed by atoms with Gasteiger partial charge in [0.15, 0.2) is 0 Å². The zero-order valence-electron chi connectivity index (χ0n) is 18.7. The first kappa shape index (κ1) is 22.4. The van der Waals surface area contributed by atoms with Gasteiger partial charge in [0, 0.05) is 19.3 Å². The number of quaternary nitrogens is 1. The monoisotopic (exact) mass is 475 g/mol. The second-order valence-corrected chi connectivity index (χ2v) is 10.8. The largest absolute Gasteiger partial charge is 0.608 e. The van der Waals surface area contributed by atoms with Gasteiger partial charge in [-0.2, -0.15) is 17.2 Å². The van der Waals surface area contributed by atoms with Gasteiger partial charge < -0.3 is 14.4 Å². The van der Waals surface area contributed by atoms with Gasteiger partial charge in [0.1, 0.15) is 0 Å². The molecule has 1 fully saturated rings. The lowest BCUT2D eigenvalue weighted by atomic mass is 9.99. The van der Waals surface area contributed by atoms with E-state index in [0.717, 1.165) is 59.5 Å². The standard InChI is InChI=1S/C23H29N3O6S/c1-15-12-21(32-14-15)25(18-8-10-31-11-9-18)33(29,30)26(28)23(27)24-22-19-6-2-4-16(19)13-17-5-3-7-20(17)22/h12-14,18,26H,2-11H2,1H3,(H,24,27). The average molecular weight is 476 g/mol. The predicted molar refractivity (Wildman–Crippen MR) is 123 cm³/mol. The lowest BCUT2D eigenvalue weighted by Gasteiger charge is -2.34. The Morgan fingerprint density at radius 2 is 1.73 bits per heavy atom. The lowest BCUT2D eigenvalue weighted by molar-refractivity contribution is -0.604. The lowest BCUT2D eigenvalue weighted by Crippen LogP contribution is -3.14. The molecule has 0 spiro atoms. The van der Waals surface area contributed by atoms with Gasteiger partial charge in [-0.15, -0.1) is 0 Å². The van der Waals surface area contributed by atoms with E-state index in [9.17, 15) is 18.4 Å². The summed E-state index contributed by atoms with van der Waals surface area (Å²) in [5, 5.41) is 15.8. The molecule has 178 valence electrons. The minimum atomic E-state index is -4.65. The number of fused-ring (bicyclic) bond motifs is 2. The van der Waals surface area contributed by atoms with E-state index in [1.807, 2.05) is 0 Å². The van der Waals surface area contributed by atoms with Gasteiger partial charge in [0.05, 0.1) is 18.0 Å². The van der Waals surface area contributed by atoms with Crippen LogP contribution in [-0.2, 0) is 40.6 Å². The van der Waals surface area contributed by atoms with Gasteiger partial charge in [-0.05, 0) is 86.1 Å². The normalized spacial score (nSPS) is 19.2. The van der Waals surface area contributed by atoms with E-state index in [1.165, 1.54) is 17.4 Å². The van der Waals surface area contributed by atoms with Crippen LogP contribution in [0.5, 0.6) is 0 Å². The van der Waals surface area contributed by atoms with Gasteiger partial charge in [-0.25, -0.2) is 4.79 Å². The van der Waals surface area contributed by atoms with Crippen LogP contribution < -0.4 is 14.1 Å². The summed E-state index contributed by atoms with van der Waals surface area (Å²) >= 11 is 0. The molecule has 0 saturated carbocycles. The molecule has 5 rings (SSSR count). The van der Waals surface area contributed by atoms with Crippen LogP contribution in [0.4, 0.5) is 16.4 Å². The van der Waals surface area contributed by atoms with Crippen molar-refractivity contribution >= 4 is 27.8 Å². The Bertz CT molecular complexity index is 1140. The molecule has 1 unspecified atom stereocenters. The molecular formula is C23H29N3O6S. The summed E-state index contributed by atoms with van der Waals surface area (Å²) in [4.78, 5) is 13.1. The Morgan fingerprint density at radius 3 is 2.30 bits per heavy atom. The number of anilines is 2. The molecule has 2 heterocycles. The average Bonchev–Trinajstić information content (AvgIpc) is 3.55. The van der Waals surface area contributed by atoms with Crippen molar-refractivity contribution in [3.63, 3.8) is 0 Å². The number of hydroxylamine groups is 1. The molecule has 2 amide bonds. The van der Waals surface area contributed by atoms with Gasteiger partial charge >= 0.3 is 16.2 Å². The highest BCUT2D eigenvalue weighted by Crippen LogP contribution is 2.38. The number of carbonyl (C=O) groups is 1. The first-order valence-electron chi connectivity index (χ1n) is 11.6. The molecule has 1 saturated heterocycles. The van der Waals surface area contributed by atoms with Gasteiger partial charge in [-0.3, -0.25) is 5.32 Å². The maximum atomic E-state index is 13.5. The number of rotatable bonds is 5. The van der Waals surface area contributed by atoms with E-state index < -0.39 is 26.8 Å². The Balaban J connectivity index is 1.45. The summed E-state index contributed by atoms with van der Waals surface area (Å²) in [6, 6.07) is 2.14. The second kappa shape index (κ2) is 8.75. The summed E-state index contributed by atoms with van der Waals surface area (Å²) in [6.07, 6.45) is 7.74. The Morgan fingerprint density at radius 1 is 1.09 bits per heavy atom. The first-order chi connectivity index (χ1) is 15.9. The van der Waals surface area contributed by atoms with Crippen molar-refractivity contribution in [3.8, 4) is 0 Å². The third-order valence-electron chi connectivity index (χ3n) is 6.85. The summed E-state index contributed by atoms with van der Waals surface area (Å²) < 4.78 is 37.2. The van der Waals surface area contributed by atoms with Crippen molar-refractivity contribution in [2.24, 2.45) is 0 Å². The fourth-order valence-corrected chi connectivity index (χ4v) is 6.68. The van der Waals surface area contributed by atoms with Gasteiger partial charge in [0.25, 0.3) is 0 Å². The molecule has 9 nitrogen and oxygen atoms in total. The number of benzene rings is 1. The molecule has 1 aliphatic heterocycles. The van der Waals surface area contributed by atoms with Crippen LogP contribution in [0.15, 0.2) is 22.8 Å². The number of hydrogen-bond acceptors (Lipinski definition) is 6. The Labute approximate surface area is 193 Å². The molecular weight excluding hydrogens is 446 g/mol. The van der Waals surface area contributed by atoms with Crippen LogP contribution in [0.3, 0.4) is 0 Å². The van der Waals surface area contributed by atoms with Crippen LogP contribution in [0.2, 0.25) is 0 Å². The number of ether oxygens (including phenoxy) is 1. The zero-order chi connectivity index (χ0) is 23.2. The second-order valence-electron chi connectivity index (χ2n) is 9.08. The van der Waals surface area contributed by atoms with Crippen LogP contribution >= 0.6 is 0 Å². The minimum absolute atomic E-state index is 0.0436. The number of amides is 2. The van der Waals surface area contributed by atoms with E-state index in [1.54, 1.807) is 13.0 Å². The fraction of sp³-hybridized carbons (Fsp3) is 0.522. The number of carbonyl (C=O) groups excluding carboxylic acids is 1. The van der Waals surface area contributed by atoms with Crippen molar-refractivity contribution in [2.75, 3.05) is 22.8 Å². The minimum Gasteiger partial charge on any atom is -0.608 e. The third kappa shape index (κ3) is 4.05. The van der Waals surface area contributed by atoms with Crippen LogP contribution in [0.25, 0.3) is 0 Å². The maximum Gasteiger partial charge on any atom is 0.436 e. The summed E-state index contributed by atoms with van der Waals surface area (Å²) in [5.41, 5.74) is 5.84. The summed E-state index contributed by atoms with van der Waals surface area (Å²) in [7, 11) is -4.65. The van der Waals surface area contributed by atoms with Crippen LogP contribution in [0.1, 0.15) is 53.5 Å². The van der Waals surface area contributed by atoms with E-state index in [0.29, 0.717) is 31.7 Å². The number of furan rings is 1. The maximum absolute atomic E-state index is 13.5. The molecule has 1 aromatic heterocycles. The highest BCUT2D eigenvalue weighted by Gasteiger charge is 2.41. The number of nitrogens with zero attached hydrogens (tertiary/aromatic N) is 1. The summed E-state index contributed by atoms with van der Waals surface area (Å²) in [5.74, 6) is 0.0436. The van der Waals surface area contributed by atoms with E-state index in [2.05, 4.69) is 11.4 Å². The number of nitrogens with one attached hydrogen (secondary N) is 2. The van der Waals surface area contributed by atoms with Crippen molar-refractivity contribution in [2.45, 2.75) is 64.3 Å². The zero-order valence-corrected chi connectivity index (χ0v) is 19.5. The highest BCUT2D eigenvalue weighted by atomic mass is 32.2. The highest BCUT2D eigenvalue weighted by molar-refractivity contribution is 7.86. The predicted octanol–water partition coefficient (Wildman–Crippen LogP) is 2.41. The molecule has 2 aromatic rings. The van der Waals surface area contributed by atoms with Crippen molar-refractivity contribution in [3.05, 3.63) is 51.4 Å². The van der Waals surface area contributed by atoms with E-state index in [-0.39, 0.29) is 5.88 Å². The Kier molecular flexibility index (Phi) is 5.94. The SMILES string of the molecule is Cc1coc(N(C2CCOCC2)S(=O)(=O)[NH+]([O-])C(=O)Nc2c3c(cc4c2CCC4)CCC3)c1. The van der Waals surface area contributed by atoms with Crippen LogP contribution in [-0.4, -0.2) is 33.7 Å². The molecule has 0 radical (unpaired) electrons. The van der Waals surface area contributed by atoms with E-state index in [4.69, 9.17) is 9.15 Å². The fourth-order valence-electron chi connectivity index (χ4n) is 5.28. The van der Waals surface area contributed by atoms with Crippen molar-refractivity contribution in [1.82, 2.24) is 0 Å². The van der Waals surface area contributed by atoms with Crippen molar-refractivity contribution < 1.29 is 26.8 Å². The molecule has 1 atom stereocenters. The smallest absolute Gasteiger partial charge is 0.436 e. The van der Waals surface area contributed by atoms with Crippen molar-refractivity contribution in [1.29, 1.82) is 0 Å². The molecule has 1 aromatic carbocycles.